The van der Waals surface area contributed by atoms with Crippen molar-refractivity contribution in [3.63, 3.8) is 0 Å². The molecular formula is C18H15F2N3O3S. The minimum atomic E-state index is -4.12. The maximum absolute atomic E-state index is 14.0. The molecule has 3 aromatic rings. The normalized spacial score (nSPS) is 11.4. The Hall–Kier alpha value is -3.07. The molecule has 0 aliphatic carbocycles. The number of aromatic nitrogens is 1. The van der Waals surface area contributed by atoms with Crippen molar-refractivity contribution in [1.29, 1.82) is 0 Å². The summed E-state index contributed by atoms with van der Waals surface area (Å²) in [6, 6.07) is 11.6. The summed E-state index contributed by atoms with van der Waals surface area (Å²) < 4.78 is 52.5. The Morgan fingerprint density at radius 2 is 1.70 bits per heavy atom. The molecule has 27 heavy (non-hydrogen) atoms. The Kier molecular flexibility index (Phi) is 5.04. The summed E-state index contributed by atoms with van der Waals surface area (Å²) in [5.41, 5.74) is 0.0723. The van der Waals surface area contributed by atoms with E-state index >= 15 is 0 Å². The number of sulfonamides is 1. The molecule has 1 amide bonds. The molecule has 0 aliphatic heterocycles. The fourth-order valence-electron chi connectivity index (χ4n) is 2.61. The molecule has 0 fully saturated rings. The van der Waals surface area contributed by atoms with E-state index in [1.54, 1.807) is 36.5 Å². The standard InChI is InChI=1S/C18H15F2N3O3S/c1-27(25,26)23(18-13(19)7-3-8-14(18)20)11-16(24)22-15-9-2-5-12-6-4-10-21-17(12)15/h2-10H,11H2,1H3,(H,22,24). The number of halogens is 2. The lowest BCUT2D eigenvalue weighted by Crippen LogP contribution is -2.38. The third kappa shape index (κ3) is 4.03. The van der Waals surface area contributed by atoms with Gasteiger partial charge >= 0.3 is 0 Å². The van der Waals surface area contributed by atoms with Crippen LogP contribution in [0.25, 0.3) is 10.9 Å². The zero-order chi connectivity index (χ0) is 19.6. The Balaban J connectivity index is 1.92. The van der Waals surface area contributed by atoms with E-state index in [2.05, 4.69) is 10.3 Å². The number of carbonyl (C=O) groups excluding carboxylic acids is 1. The Morgan fingerprint density at radius 3 is 2.37 bits per heavy atom. The smallest absolute Gasteiger partial charge is 0.245 e. The Morgan fingerprint density at radius 1 is 1.07 bits per heavy atom. The largest absolute Gasteiger partial charge is 0.323 e. The van der Waals surface area contributed by atoms with Crippen LogP contribution in [-0.2, 0) is 14.8 Å². The van der Waals surface area contributed by atoms with Crippen molar-refractivity contribution < 1.29 is 22.0 Å². The molecule has 0 spiro atoms. The summed E-state index contributed by atoms with van der Waals surface area (Å²) in [7, 11) is -4.12. The maximum Gasteiger partial charge on any atom is 0.245 e. The van der Waals surface area contributed by atoms with Gasteiger partial charge in [0.25, 0.3) is 0 Å². The number of rotatable bonds is 5. The molecule has 1 heterocycles. The van der Waals surface area contributed by atoms with Gasteiger partial charge in [-0.3, -0.25) is 14.1 Å². The van der Waals surface area contributed by atoms with Crippen LogP contribution in [0, 0.1) is 11.6 Å². The van der Waals surface area contributed by atoms with Gasteiger partial charge < -0.3 is 5.32 Å². The van der Waals surface area contributed by atoms with Crippen LogP contribution in [0.2, 0.25) is 0 Å². The van der Waals surface area contributed by atoms with Gasteiger partial charge in [-0.2, -0.15) is 0 Å². The zero-order valence-electron chi connectivity index (χ0n) is 14.2. The minimum absolute atomic E-state index is 0.362. The highest BCUT2D eigenvalue weighted by Gasteiger charge is 2.27. The molecule has 9 heteroatoms. The number of nitrogens with zero attached hydrogens (tertiary/aromatic N) is 2. The Bertz CT molecular complexity index is 1090. The van der Waals surface area contributed by atoms with Crippen LogP contribution in [0.4, 0.5) is 20.2 Å². The van der Waals surface area contributed by atoms with Gasteiger partial charge in [0, 0.05) is 11.6 Å². The van der Waals surface area contributed by atoms with E-state index in [9.17, 15) is 22.0 Å². The summed E-state index contributed by atoms with van der Waals surface area (Å²) in [5, 5.41) is 3.32. The van der Waals surface area contributed by atoms with E-state index < -0.39 is 39.8 Å². The van der Waals surface area contributed by atoms with Gasteiger partial charge in [-0.25, -0.2) is 17.2 Å². The molecule has 0 aliphatic rings. The van der Waals surface area contributed by atoms with Crippen molar-refractivity contribution in [2.45, 2.75) is 0 Å². The van der Waals surface area contributed by atoms with Crippen molar-refractivity contribution >= 4 is 38.2 Å². The lowest BCUT2D eigenvalue weighted by Gasteiger charge is -2.22. The molecular weight excluding hydrogens is 376 g/mol. The van der Waals surface area contributed by atoms with Gasteiger partial charge in [0.15, 0.2) is 11.6 Å². The first-order valence-corrected chi connectivity index (χ1v) is 9.67. The van der Waals surface area contributed by atoms with Crippen molar-refractivity contribution in [2.24, 2.45) is 0 Å². The number of benzene rings is 2. The fraction of sp³-hybridized carbons (Fsp3) is 0.111. The summed E-state index contributed by atoms with van der Waals surface area (Å²) in [5.74, 6) is -2.93. The molecule has 140 valence electrons. The average Bonchev–Trinajstić information content (AvgIpc) is 2.60. The molecule has 3 rings (SSSR count). The van der Waals surface area contributed by atoms with Gasteiger partial charge in [-0.05, 0) is 24.3 Å². The molecule has 0 bridgehead atoms. The number of carbonyl (C=O) groups is 1. The van der Waals surface area contributed by atoms with Crippen LogP contribution in [-0.4, -0.2) is 32.1 Å². The number of pyridine rings is 1. The molecule has 1 aromatic heterocycles. The van der Waals surface area contributed by atoms with Gasteiger partial charge in [-0.15, -0.1) is 0 Å². The third-order valence-corrected chi connectivity index (χ3v) is 4.89. The SMILES string of the molecule is CS(=O)(=O)N(CC(=O)Nc1cccc2cccnc12)c1c(F)cccc1F. The number of anilines is 2. The highest BCUT2D eigenvalue weighted by molar-refractivity contribution is 7.92. The first kappa shape index (κ1) is 18.7. The van der Waals surface area contributed by atoms with Crippen LogP contribution < -0.4 is 9.62 Å². The maximum atomic E-state index is 14.0. The second-order valence-electron chi connectivity index (χ2n) is 5.77. The lowest BCUT2D eigenvalue weighted by molar-refractivity contribution is -0.114. The van der Waals surface area contributed by atoms with E-state index in [0.29, 0.717) is 15.5 Å². The van der Waals surface area contributed by atoms with Gasteiger partial charge in [0.05, 0.1) is 17.5 Å². The molecule has 0 radical (unpaired) electrons. The minimum Gasteiger partial charge on any atom is -0.323 e. The lowest BCUT2D eigenvalue weighted by atomic mass is 10.2. The zero-order valence-corrected chi connectivity index (χ0v) is 15.0. The Labute approximate surface area is 154 Å². The molecule has 0 saturated heterocycles. The van der Waals surface area contributed by atoms with Crippen LogP contribution in [0.1, 0.15) is 0 Å². The highest BCUT2D eigenvalue weighted by Crippen LogP contribution is 2.26. The topological polar surface area (TPSA) is 79.4 Å². The monoisotopic (exact) mass is 391 g/mol. The molecule has 6 nitrogen and oxygen atoms in total. The van der Waals surface area contributed by atoms with Gasteiger partial charge in [0.2, 0.25) is 15.9 Å². The van der Waals surface area contributed by atoms with Crippen LogP contribution in [0.15, 0.2) is 54.7 Å². The molecule has 0 unspecified atom stereocenters. The predicted molar refractivity (Wildman–Crippen MR) is 98.9 cm³/mol. The number of nitrogens with one attached hydrogen (secondary N) is 1. The van der Waals surface area contributed by atoms with E-state index in [0.717, 1.165) is 29.8 Å². The third-order valence-electron chi connectivity index (χ3n) is 3.78. The number of fused-ring (bicyclic) bond motifs is 1. The van der Waals surface area contributed by atoms with E-state index in [1.807, 2.05) is 0 Å². The molecule has 2 aromatic carbocycles. The van der Waals surface area contributed by atoms with Crippen LogP contribution >= 0.6 is 0 Å². The van der Waals surface area contributed by atoms with Crippen molar-refractivity contribution in [1.82, 2.24) is 4.98 Å². The van der Waals surface area contributed by atoms with Crippen molar-refractivity contribution in [3.8, 4) is 0 Å². The van der Waals surface area contributed by atoms with Crippen LogP contribution in [0.3, 0.4) is 0 Å². The van der Waals surface area contributed by atoms with E-state index in [-0.39, 0.29) is 0 Å². The fourth-order valence-corrected chi connectivity index (χ4v) is 3.47. The van der Waals surface area contributed by atoms with E-state index in [1.165, 1.54) is 0 Å². The molecule has 0 atom stereocenters. The summed E-state index contributed by atoms with van der Waals surface area (Å²) in [4.78, 5) is 16.6. The quantitative estimate of drug-likeness (QED) is 0.725. The molecule has 0 saturated carbocycles. The summed E-state index contributed by atoms with van der Waals surface area (Å²) in [6.07, 6.45) is 2.32. The van der Waals surface area contributed by atoms with Crippen molar-refractivity contribution in [3.05, 3.63) is 66.4 Å². The second kappa shape index (κ2) is 7.28. The number of amides is 1. The first-order valence-electron chi connectivity index (χ1n) is 7.82. The van der Waals surface area contributed by atoms with Crippen LogP contribution in [0.5, 0.6) is 0 Å². The van der Waals surface area contributed by atoms with Gasteiger partial charge in [0.1, 0.15) is 12.2 Å². The predicted octanol–water partition coefficient (Wildman–Crippen LogP) is 2.92. The van der Waals surface area contributed by atoms with Crippen molar-refractivity contribution in [2.75, 3.05) is 22.4 Å². The number of hydrogen-bond acceptors (Lipinski definition) is 4. The summed E-state index contributed by atoms with van der Waals surface area (Å²) >= 11 is 0. The molecule has 1 N–H and O–H groups in total. The average molecular weight is 391 g/mol. The second-order valence-corrected chi connectivity index (χ2v) is 7.68. The first-order chi connectivity index (χ1) is 12.8. The number of hydrogen-bond donors (Lipinski definition) is 1. The highest BCUT2D eigenvalue weighted by atomic mass is 32.2. The number of para-hydroxylation sites is 2. The van der Waals surface area contributed by atoms with Gasteiger partial charge in [-0.1, -0.05) is 24.3 Å². The summed E-state index contributed by atoms with van der Waals surface area (Å²) in [6.45, 7) is -0.792. The van der Waals surface area contributed by atoms with E-state index in [4.69, 9.17) is 0 Å².